The summed E-state index contributed by atoms with van der Waals surface area (Å²) < 4.78 is 14.9. The van der Waals surface area contributed by atoms with E-state index in [9.17, 15) is 9.59 Å². The number of ether oxygens (including phenoxy) is 3. The number of rotatable bonds is 7. The fourth-order valence-corrected chi connectivity index (χ4v) is 2.72. The van der Waals surface area contributed by atoms with Gasteiger partial charge in [-0.2, -0.15) is 0 Å². The Labute approximate surface area is 153 Å². The molecule has 0 unspecified atom stereocenters. The van der Waals surface area contributed by atoms with Gasteiger partial charge in [0.25, 0.3) is 0 Å². The second-order valence-electron chi connectivity index (χ2n) is 5.60. The minimum Gasteiger partial charge on any atom is -0.497 e. The number of esters is 2. The summed E-state index contributed by atoms with van der Waals surface area (Å²) in [5.74, 6) is -0.411. The molecule has 0 saturated heterocycles. The van der Waals surface area contributed by atoms with E-state index in [1.165, 1.54) is 14.2 Å². The molecule has 0 radical (unpaired) electrons. The van der Waals surface area contributed by atoms with Crippen LogP contribution in [0.1, 0.15) is 32.7 Å². The minimum absolute atomic E-state index is 0.187. The van der Waals surface area contributed by atoms with Crippen molar-refractivity contribution in [2.45, 2.75) is 12.8 Å². The maximum atomic E-state index is 12.3. The molecule has 0 N–H and O–H groups in total. The van der Waals surface area contributed by atoms with Crippen LogP contribution in [0.2, 0.25) is 0 Å². The van der Waals surface area contributed by atoms with Crippen molar-refractivity contribution in [1.82, 2.24) is 0 Å². The minimum atomic E-state index is -0.583. The second-order valence-corrected chi connectivity index (χ2v) is 5.60. The van der Waals surface area contributed by atoms with Crippen molar-refractivity contribution in [1.29, 1.82) is 0 Å². The molecule has 0 bridgehead atoms. The molecule has 26 heavy (non-hydrogen) atoms. The summed E-state index contributed by atoms with van der Waals surface area (Å²) in [5, 5.41) is 0. The Morgan fingerprint density at radius 1 is 0.962 bits per heavy atom. The Bertz CT molecular complexity index is 806. The summed E-state index contributed by atoms with van der Waals surface area (Å²) in [6.45, 7) is 3.72. The van der Waals surface area contributed by atoms with E-state index < -0.39 is 11.9 Å². The lowest BCUT2D eigenvalue weighted by Gasteiger charge is -2.15. The first-order chi connectivity index (χ1) is 12.5. The molecule has 0 fully saturated rings. The molecule has 0 atom stereocenters. The lowest BCUT2D eigenvalue weighted by Crippen LogP contribution is -2.15. The summed E-state index contributed by atoms with van der Waals surface area (Å²) >= 11 is 0. The Kier molecular flexibility index (Phi) is 6.55. The van der Waals surface area contributed by atoms with Crippen LogP contribution in [0, 0.1) is 0 Å². The SMILES string of the molecule is C=CCCc1cc(-c2ccc(OC)cc2)cc(C(=O)OC)c1C(=O)OC. The van der Waals surface area contributed by atoms with Gasteiger partial charge in [0.1, 0.15) is 5.75 Å². The van der Waals surface area contributed by atoms with Gasteiger partial charge in [-0.15, -0.1) is 6.58 Å². The Morgan fingerprint density at radius 3 is 2.15 bits per heavy atom. The van der Waals surface area contributed by atoms with Crippen LogP contribution in [0.4, 0.5) is 0 Å². The smallest absolute Gasteiger partial charge is 0.339 e. The van der Waals surface area contributed by atoms with E-state index in [2.05, 4.69) is 6.58 Å². The van der Waals surface area contributed by atoms with Crippen molar-refractivity contribution in [2.75, 3.05) is 21.3 Å². The predicted octanol–water partition coefficient (Wildman–Crippen LogP) is 4.05. The average Bonchev–Trinajstić information content (AvgIpc) is 2.70. The largest absolute Gasteiger partial charge is 0.497 e. The first-order valence-electron chi connectivity index (χ1n) is 8.14. The van der Waals surface area contributed by atoms with E-state index in [4.69, 9.17) is 14.2 Å². The van der Waals surface area contributed by atoms with Crippen molar-refractivity contribution in [3.63, 3.8) is 0 Å². The number of hydrogen-bond acceptors (Lipinski definition) is 5. The number of aryl methyl sites for hydroxylation is 1. The molecule has 0 aliphatic heterocycles. The molecule has 5 nitrogen and oxygen atoms in total. The standard InChI is InChI=1S/C21H22O5/c1-5-6-7-15-12-16(14-8-10-17(24-2)11-9-14)13-18(20(22)25-3)19(15)21(23)26-4/h5,8-13H,1,6-7H2,2-4H3. The Balaban J connectivity index is 2.67. The number of methoxy groups -OCH3 is 3. The summed E-state index contributed by atoms with van der Waals surface area (Å²) in [6, 6.07) is 11.0. The van der Waals surface area contributed by atoms with Crippen molar-refractivity contribution in [3.8, 4) is 16.9 Å². The molecule has 5 heteroatoms. The van der Waals surface area contributed by atoms with Gasteiger partial charge in [-0.25, -0.2) is 9.59 Å². The van der Waals surface area contributed by atoms with E-state index in [1.807, 2.05) is 30.3 Å². The Morgan fingerprint density at radius 2 is 1.62 bits per heavy atom. The quantitative estimate of drug-likeness (QED) is 0.554. The molecule has 2 rings (SSSR count). The van der Waals surface area contributed by atoms with Gasteiger partial charge in [-0.3, -0.25) is 0 Å². The Hall–Kier alpha value is -3.08. The first-order valence-corrected chi connectivity index (χ1v) is 8.14. The zero-order valence-corrected chi connectivity index (χ0v) is 15.2. The summed E-state index contributed by atoms with van der Waals surface area (Å²) in [6.07, 6.45) is 2.98. The van der Waals surface area contributed by atoms with E-state index in [0.29, 0.717) is 18.4 Å². The van der Waals surface area contributed by atoms with Crippen LogP contribution < -0.4 is 4.74 Å². The number of benzene rings is 2. The molecule has 0 aliphatic rings. The zero-order chi connectivity index (χ0) is 19.1. The third-order valence-corrected chi connectivity index (χ3v) is 4.06. The van der Waals surface area contributed by atoms with Crippen molar-refractivity contribution in [3.05, 3.63) is 65.7 Å². The van der Waals surface area contributed by atoms with Gasteiger partial charge in [0, 0.05) is 0 Å². The van der Waals surface area contributed by atoms with Crippen LogP contribution in [0.3, 0.4) is 0 Å². The van der Waals surface area contributed by atoms with Gasteiger partial charge in [0.05, 0.1) is 32.5 Å². The van der Waals surface area contributed by atoms with Crippen molar-refractivity contribution < 1.29 is 23.8 Å². The first kappa shape index (κ1) is 19.2. The third-order valence-electron chi connectivity index (χ3n) is 4.06. The average molecular weight is 354 g/mol. The summed E-state index contributed by atoms with van der Waals surface area (Å²) in [5.41, 5.74) is 2.84. The fourth-order valence-electron chi connectivity index (χ4n) is 2.72. The predicted molar refractivity (Wildman–Crippen MR) is 99.6 cm³/mol. The molecule has 0 heterocycles. The zero-order valence-electron chi connectivity index (χ0n) is 15.2. The molecule has 2 aromatic rings. The third kappa shape index (κ3) is 4.11. The molecule has 0 saturated carbocycles. The lowest BCUT2D eigenvalue weighted by molar-refractivity contribution is 0.0554. The van der Waals surface area contributed by atoms with E-state index in [-0.39, 0.29) is 11.1 Å². The van der Waals surface area contributed by atoms with Crippen molar-refractivity contribution >= 4 is 11.9 Å². The van der Waals surface area contributed by atoms with E-state index in [0.717, 1.165) is 16.9 Å². The fraction of sp³-hybridized carbons (Fsp3) is 0.238. The maximum Gasteiger partial charge on any atom is 0.339 e. The summed E-state index contributed by atoms with van der Waals surface area (Å²) in [7, 11) is 4.17. The van der Waals surface area contributed by atoms with Crippen LogP contribution in [0.15, 0.2) is 49.1 Å². The number of carbonyl (C=O) groups excluding carboxylic acids is 2. The molecule has 0 aromatic heterocycles. The van der Waals surface area contributed by atoms with Crippen LogP contribution in [-0.4, -0.2) is 33.3 Å². The topological polar surface area (TPSA) is 61.8 Å². The van der Waals surface area contributed by atoms with Crippen LogP contribution >= 0.6 is 0 Å². The second kappa shape index (κ2) is 8.85. The van der Waals surface area contributed by atoms with Crippen LogP contribution in [0.25, 0.3) is 11.1 Å². The van der Waals surface area contributed by atoms with E-state index >= 15 is 0 Å². The lowest BCUT2D eigenvalue weighted by atomic mass is 9.92. The van der Waals surface area contributed by atoms with E-state index in [1.54, 1.807) is 19.3 Å². The monoisotopic (exact) mass is 354 g/mol. The van der Waals surface area contributed by atoms with Gasteiger partial charge in [0.15, 0.2) is 0 Å². The highest BCUT2D eigenvalue weighted by molar-refractivity contribution is 6.05. The van der Waals surface area contributed by atoms with Gasteiger partial charge in [-0.1, -0.05) is 24.3 Å². The highest BCUT2D eigenvalue weighted by Crippen LogP contribution is 2.29. The van der Waals surface area contributed by atoms with Crippen LogP contribution in [0.5, 0.6) is 5.75 Å². The normalized spacial score (nSPS) is 10.1. The van der Waals surface area contributed by atoms with Gasteiger partial charge >= 0.3 is 11.9 Å². The molecule has 2 aromatic carbocycles. The van der Waals surface area contributed by atoms with Crippen LogP contribution in [-0.2, 0) is 15.9 Å². The highest BCUT2D eigenvalue weighted by atomic mass is 16.5. The number of allylic oxidation sites excluding steroid dienone is 1. The van der Waals surface area contributed by atoms with Gasteiger partial charge in [-0.05, 0) is 47.7 Å². The van der Waals surface area contributed by atoms with Crippen molar-refractivity contribution in [2.24, 2.45) is 0 Å². The van der Waals surface area contributed by atoms with Gasteiger partial charge < -0.3 is 14.2 Å². The molecule has 0 amide bonds. The highest BCUT2D eigenvalue weighted by Gasteiger charge is 2.23. The van der Waals surface area contributed by atoms with Gasteiger partial charge in [0.2, 0.25) is 0 Å². The molecular weight excluding hydrogens is 332 g/mol. The number of carbonyl (C=O) groups is 2. The maximum absolute atomic E-state index is 12.3. The molecular formula is C21H22O5. The molecule has 0 spiro atoms. The number of hydrogen-bond donors (Lipinski definition) is 0. The molecule has 0 aliphatic carbocycles. The summed E-state index contributed by atoms with van der Waals surface area (Å²) in [4.78, 5) is 24.6. The molecule has 136 valence electrons.